The monoisotopic (exact) mass is 432 g/mol. The molecule has 0 spiro atoms. The molecule has 0 saturated carbocycles. The maximum atomic E-state index is 13.1. The molecule has 1 fully saturated rings. The molecule has 0 bridgehead atoms. The van der Waals surface area contributed by atoms with Crippen molar-refractivity contribution in [3.63, 3.8) is 0 Å². The maximum Gasteiger partial charge on any atom is 0.257 e. The number of carbonyl (C=O) groups is 1. The normalized spacial score (nSPS) is 14.8. The van der Waals surface area contributed by atoms with E-state index in [9.17, 15) is 13.2 Å². The molecule has 0 atom stereocenters. The van der Waals surface area contributed by atoms with Crippen LogP contribution in [0.4, 0.5) is 0 Å². The second kappa shape index (κ2) is 9.95. The number of ether oxygens (including phenoxy) is 2. The lowest BCUT2D eigenvalue weighted by Crippen LogP contribution is -2.32. The Balaban J connectivity index is 1.80. The number of sulfonamides is 1. The van der Waals surface area contributed by atoms with Crippen LogP contribution in [-0.4, -0.2) is 46.5 Å². The lowest BCUT2D eigenvalue weighted by molar-refractivity contribution is 0.0758. The summed E-state index contributed by atoms with van der Waals surface area (Å²) in [5, 5.41) is 0. The smallest absolute Gasteiger partial charge is 0.257 e. The van der Waals surface area contributed by atoms with Crippen molar-refractivity contribution in [3.05, 3.63) is 53.6 Å². The molecule has 1 heterocycles. The SMILES string of the molecule is COc1ccc(CNS(=O)(=O)c2ccc(OC)c(C(=O)N3CCCCCC3)c2)cc1. The molecule has 1 saturated heterocycles. The van der Waals surface area contributed by atoms with Gasteiger partial charge in [-0.05, 0) is 48.7 Å². The van der Waals surface area contributed by atoms with E-state index in [1.165, 1.54) is 25.3 Å². The minimum Gasteiger partial charge on any atom is -0.497 e. The summed E-state index contributed by atoms with van der Waals surface area (Å²) in [6.07, 6.45) is 4.11. The van der Waals surface area contributed by atoms with Gasteiger partial charge in [0.25, 0.3) is 5.91 Å². The van der Waals surface area contributed by atoms with E-state index < -0.39 is 10.0 Å². The van der Waals surface area contributed by atoms with Gasteiger partial charge in [-0.1, -0.05) is 25.0 Å². The lowest BCUT2D eigenvalue weighted by atomic mass is 10.1. The van der Waals surface area contributed by atoms with E-state index in [2.05, 4.69) is 4.72 Å². The quantitative estimate of drug-likeness (QED) is 0.726. The number of likely N-dealkylation sites (tertiary alicyclic amines) is 1. The Hall–Kier alpha value is -2.58. The van der Waals surface area contributed by atoms with Crippen molar-refractivity contribution in [2.45, 2.75) is 37.1 Å². The van der Waals surface area contributed by atoms with E-state index in [-0.39, 0.29) is 22.9 Å². The largest absolute Gasteiger partial charge is 0.497 e. The first kappa shape index (κ1) is 22.1. The van der Waals surface area contributed by atoms with Gasteiger partial charge in [0.2, 0.25) is 10.0 Å². The zero-order valence-corrected chi connectivity index (χ0v) is 18.2. The van der Waals surface area contributed by atoms with Crippen molar-refractivity contribution in [3.8, 4) is 11.5 Å². The molecular formula is C22H28N2O5S. The average molecular weight is 433 g/mol. The van der Waals surface area contributed by atoms with Crippen molar-refractivity contribution < 1.29 is 22.7 Å². The first-order chi connectivity index (χ1) is 14.4. The number of amides is 1. The number of hydrogen-bond donors (Lipinski definition) is 1. The molecule has 1 amide bonds. The van der Waals surface area contributed by atoms with E-state index in [4.69, 9.17) is 9.47 Å². The molecule has 0 aliphatic carbocycles. The molecule has 1 aliphatic heterocycles. The topological polar surface area (TPSA) is 84.9 Å². The molecule has 0 aromatic heterocycles. The van der Waals surface area contributed by atoms with Gasteiger partial charge >= 0.3 is 0 Å². The van der Waals surface area contributed by atoms with E-state index in [0.29, 0.717) is 24.6 Å². The molecule has 1 N–H and O–H groups in total. The molecule has 0 unspecified atom stereocenters. The average Bonchev–Trinajstić information content (AvgIpc) is 3.06. The number of carbonyl (C=O) groups excluding carboxylic acids is 1. The van der Waals surface area contributed by atoms with Gasteiger partial charge in [-0.25, -0.2) is 13.1 Å². The molecule has 7 nitrogen and oxygen atoms in total. The Morgan fingerprint density at radius 1 is 0.967 bits per heavy atom. The highest BCUT2D eigenvalue weighted by molar-refractivity contribution is 7.89. The summed E-state index contributed by atoms with van der Waals surface area (Å²) < 4.78 is 38.7. The fourth-order valence-electron chi connectivity index (χ4n) is 3.47. The summed E-state index contributed by atoms with van der Waals surface area (Å²) in [6.45, 7) is 1.48. The number of hydrogen-bond acceptors (Lipinski definition) is 5. The molecule has 0 radical (unpaired) electrons. The van der Waals surface area contributed by atoms with Crippen LogP contribution in [0.5, 0.6) is 11.5 Å². The van der Waals surface area contributed by atoms with Gasteiger partial charge in [0.1, 0.15) is 11.5 Å². The Kier molecular flexibility index (Phi) is 7.33. The van der Waals surface area contributed by atoms with E-state index in [0.717, 1.165) is 31.2 Å². The Labute approximate surface area is 178 Å². The van der Waals surface area contributed by atoms with Crippen molar-refractivity contribution in [1.82, 2.24) is 9.62 Å². The highest BCUT2D eigenvalue weighted by Crippen LogP contribution is 2.25. The first-order valence-electron chi connectivity index (χ1n) is 10.0. The highest BCUT2D eigenvalue weighted by Gasteiger charge is 2.24. The third kappa shape index (κ3) is 5.31. The van der Waals surface area contributed by atoms with Crippen molar-refractivity contribution in [1.29, 1.82) is 0 Å². The van der Waals surface area contributed by atoms with Crippen LogP contribution in [-0.2, 0) is 16.6 Å². The van der Waals surface area contributed by atoms with Crippen LogP contribution in [0.15, 0.2) is 47.4 Å². The number of methoxy groups -OCH3 is 2. The zero-order chi connectivity index (χ0) is 21.6. The Morgan fingerprint density at radius 2 is 1.63 bits per heavy atom. The van der Waals surface area contributed by atoms with Crippen LogP contribution >= 0.6 is 0 Å². The van der Waals surface area contributed by atoms with Gasteiger partial charge in [-0.15, -0.1) is 0 Å². The fraction of sp³-hybridized carbons (Fsp3) is 0.409. The molecule has 1 aliphatic rings. The summed E-state index contributed by atoms with van der Waals surface area (Å²) in [5.41, 5.74) is 1.07. The second-order valence-electron chi connectivity index (χ2n) is 7.24. The van der Waals surface area contributed by atoms with Gasteiger partial charge in [0.05, 0.1) is 24.7 Å². The van der Waals surface area contributed by atoms with Crippen molar-refractivity contribution >= 4 is 15.9 Å². The van der Waals surface area contributed by atoms with Gasteiger partial charge < -0.3 is 14.4 Å². The molecule has 2 aromatic carbocycles. The number of nitrogens with one attached hydrogen (secondary N) is 1. The highest BCUT2D eigenvalue weighted by atomic mass is 32.2. The Bertz CT molecular complexity index is 966. The molecule has 8 heteroatoms. The van der Waals surface area contributed by atoms with Crippen LogP contribution in [0.2, 0.25) is 0 Å². The zero-order valence-electron chi connectivity index (χ0n) is 17.4. The summed E-state index contributed by atoms with van der Waals surface area (Å²) in [7, 11) is -0.749. The van der Waals surface area contributed by atoms with Crippen LogP contribution in [0.25, 0.3) is 0 Å². The van der Waals surface area contributed by atoms with Crippen LogP contribution < -0.4 is 14.2 Å². The number of benzene rings is 2. The predicted octanol–water partition coefficient (Wildman–Crippen LogP) is 3.20. The van der Waals surface area contributed by atoms with Crippen molar-refractivity contribution in [2.75, 3.05) is 27.3 Å². The van der Waals surface area contributed by atoms with E-state index in [1.54, 1.807) is 36.3 Å². The third-order valence-corrected chi connectivity index (χ3v) is 6.63. The standard InChI is InChI=1S/C22H28N2O5S/c1-28-18-9-7-17(8-10-18)16-23-30(26,27)19-11-12-21(29-2)20(15-19)22(25)24-13-5-3-4-6-14-24/h7-12,15,23H,3-6,13-14,16H2,1-2H3. The Morgan fingerprint density at radius 3 is 2.23 bits per heavy atom. The van der Waals surface area contributed by atoms with Gasteiger partial charge in [0, 0.05) is 19.6 Å². The summed E-state index contributed by atoms with van der Waals surface area (Å²) >= 11 is 0. The van der Waals surface area contributed by atoms with Gasteiger partial charge in [0.15, 0.2) is 0 Å². The lowest BCUT2D eigenvalue weighted by Gasteiger charge is -2.22. The first-order valence-corrected chi connectivity index (χ1v) is 11.5. The van der Waals surface area contributed by atoms with Crippen LogP contribution in [0.3, 0.4) is 0 Å². The second-order valence-corrected chi connectivity index (χ2v) is 9.01. The summed E-state index contributed by atoms with van der Waals surface area (Å²) in [6, 6.07) is 11.5. The maximum absolute atomic E-state index is 13.1. The third-order valence-electron chi connectivity index (χ3n) is 5.23. The minimum atomic E-state index is -3.80. The van der Waals surface area contributed by atoms with Crippen LogP contribution in [0, 0.1) is 0 Å². The fourth-order valence-corrected chi connectivity index (χ4v) is 4.51. The van der Waals surface area contributed by atoms with E-state index >= 15 is 0 Å². The number of nitrogens with zero attached hydrogens (tertiary/aromatic N) is 1. The van der Waals surface area contributed by atoms with E-state index in [1.807, 2.05) is 0 Å². The number of rotatable bonds is 7. The van der Waals surface area contributed by atoms with Crippen LogP contribution in [0.1, 0.15) is 41.6 Å². The molecule has 30 heavy (non-hydrogen) atoms. The van der Waals surface area contributed by atoms with Crippen molar-refractivity contribution in [2.24, 2.45) is 0 Å². The molecule has 2 aromatic rings. The summed E-state index contributed by atoms with van der Waals surface area (Å²) in [4.78, 5) is 14.9. The summed E-state index contributed by atoms with van der Waals surface area (Å²) in [5.74, 6) is 0.882. The minimum absolute atomic E-state index is 0.0370. The molecule has 3 rings (SSSR count). The molecule has 162 valence electrons. The van der Waals surface area contributed by atoms with Gasteiger partial charge in [-0.3, -0.25) is 4.79 Å². The van der Waals surface area contributed by atoms with Gasteiger partial charge in [-0.2, -0.15) is 0 Å². The molecular weight excluding hydrogens is 404 g/mol. The predicted molar refractivity (Wildman–Crippen MR) is 114 cm³/mol.